The molecule has 0 radical (unpaired) electrons. The number of carbonyl (C=O) groups excluding carboxylic acids is 1. The van der Waals surface area contributed by atoms with E-state index in [1.165, 1.54) is 32.2 Å². The Labute approximate surface area is 166 Å². The molecule has 1 N–H and O–H groups in total. The molecule has 1 amide bonds. The Morgan fingerprint density at radius 3 is 3.11 bits per heavy atom. The summed E-state index contributed by atoms with van der Waals surface area (Å²) in [6, 6.07) is 8.65. The predicted octanol–water partition coefficient (Wildman–Crippen LogP) is 3.21. The highest BCUT2D eigenvalue weighted by Gasteiger charge is 2.23. The van der Waals surface area contributed by atoms with Crippen LogP contribution < -0.4 is 10.1 Å². The molecular weight excluding hydrogens is 352 g/mol. The third-order valence-corrected chi connectivity index (χ3v) is 5.90. The van der Waals surface area contributed by atoms with Crippen molar-refractivity contribution in [2.45, 2.75) is 58.2 Å². The number of nitrogens with one attached hydrogen (secondary N) is 1. The van der Waals surface area contributed by atoms with Gasteiger partial charge < -0.3 is 15.0 Å². The van der Waals surface area contributed by atoms with Crippen LogP contribution in [0.15, 0.2) is 30.5 Å². The average Bonchev–Trinajstić information content (AvgIpc) is 3.14. The van der Waals surface area contributed by atoms with Crippen LogP contribution in [0.5, 0.6) is 5.75 Å². The molecule has 1 aromatic carbocycles. The lowest BCUT2D eigenvalue weighted by atomic mass is 10.00. The summed E-state index contributed by atoms with van der Waals surface area (Å²) in [6.07, 6.45) is 8.00. The fraction of sp³-hybridized carbons (Fsp3) is 0.545. The molecule has 0 unspecified atom stereocenters. The number of likely N-dealkylation sites (tertiary alicyclic amines) is 1. The van der Waals surface area contributed by atoms with Gasteiger partial charge in [0.25, 0.3) is 0 Å². The Hall–Kier alpha value is -2.34. The van der Waals surface area contributed by atoms with Gasteiger partial charge >= 0.3 is 0 Å². The van der Waals surface area contributed by atoms with Crippen molar-refractivity contribution in [3.63, 3.8) is 0 Å². The Bertz CT molecular complexity index is 817. The van der Waals surface area contributed by atoms with E-state index >= 15 is 0 Å². The van der Waals surface area contributed by atoms with Gasteiger partial charge in [0.1, 0.15) is 18.9 Å². The second-order valence-corrected chi connectivity index (χ2v) is 7.76. The van der Waals surface area contributed by atoms with Gasteiger partial charge in [0.05, 0.1) is 11.9 Å². The van der Waals surface area contributed by atoms with E-state index in [4.69, 9.17) is 4.74 Å². The van der Waals surface area contributed by atoms with E-state index in [9.17, 15) is 4.79 Å². The summed E-state index contributed by atoms with van der Waals surface area (Å²) in [5.41, 5.74) is 3.03. The van der Waals surface area contributed by atoms with Crippen LogP contribution in [-0.4, -0.2) is 46.3 Å². The number of aromatic nitrogens is 2. The maximum absolute atomic E-state index is 12.5. The maximum Gasteiger partial charge on any atom is 0.241 e. The van der Waals surface area contributed by atoms with E-state index in [0.717, 1.165) is 48.1 Å². The lowest BCUT2D eigenvalue weighted by Crippen LogP contribution is -2.40. The van der Waals surface area contributed by atoms with Crippen molar-refractivity contribution in [2.24, 2.45) is 0 Å². The van der Waals surface area contributed by atoms with Crippen molar-refractivity contribution in [1.82, 2.24) is 20.0 Å². The number of fused-ring (bicyclic) bond motifs is 3. The summed E-state index contributed by atoms with van der Waals surface area (Å²) in [5, 5.41) is 7.49. The van der Waals surface area contributed by atoms with Crippen molar-refractivity contribution in [2.75, 3.05) is 19.6 Å². The molecule has 4 rings (SSSR count). The van der Waals surface area contributed by atoms with Crippen LogP contribution in [0, 0.1) is 0 Å². The van der Waals surface area contributed by atoms with E-state index in [0.29, 0.717) is 6.61 Å². The topological polar surface area (TPSA) is 59.4 Å². The number of amides is 1. The highest BCUT2D eigenvalue weighted by Crippen LogP contribution is 2.36. The lowest BCUT2D eigenvalue weighted by Gasteiger charge is -2.35. The second kappa shape index (κ2) is 8.78. The van der Waals surface area contributed by atoms with Gasteiger partial charge in [-0.15, -0.1) is 0 Å². The van der Waals surface area contributed by atoms with Crippen LogP contribution in [0.3, 0.4) is 0 Å². The normalized spacial score (nSPS) is 18.8. The third kappa shape index (κ3) is 4.07. The van der Waals surface area contributed by atoms with E-state index in [1.54, 1.807) is 10.9 Å². The van der Waals surface area contributed by atoms with Crippen LogP contribution in [0.25, 0.3) is 11.3 Å². The molecule has 3 heterocycles. The van der Waals surface area contributed by atoms with Gasteiger partial charge in [-0.25, -0.2) is 0 Å². The summed E-state index contributed by atoms with van der Waals surface area (Å²) in [4.78, 5) is 15.1. The summed E-state index contributed by atoms with van der Waals surface area (Å²) in [6.45, 7) is 6.01. The van der Waals surface area contributed by atoms with Gasteiger partial charge in [0.15, 0.2) is 0 Å². The van der Waals surface area contributed by atoms with E-state index in [1.807, 2.05) is 24.3 Å². The molecule has 28 heavy (non-hydrogen) atoms. The van der Waals surface area contributed by atoms with E-state index in [-0.39, 0.29) is 12.5 Å². The number of hydrogen-bond acceptors (Lipinski definition) is 4. The summed E-state index contributed by atoms with van der Waals surface area (Å²) < 4.78 is 7.56. The minimum Gasteiger partial charge on any atom is -0.488 e. The maximum atomic E-state index is 12.5. The molecule has 1 atom stereocenters. The monoisotopic (exact) mass is 382 g/mol. The zero-order chi connectivity index (χ0) is 19.3. The van der Waals surface area contributed by atoms with Gasteiger partial charge in [-0.2, -0.15) is 5.10 Å². The molecule has 2 aromatic rings. The number of nitrogens with zero attached hydrogens (tertiary/aromatic N) is 3. The van der Waals surface area contributed by atoms with Crippen molar-refractivity contribution in [3.8, 4) is 17.0 Å². The minimum atomic E-state index is 0.0144. The highest BCUT2D eigenvalue weighted by molar-refractivity contribution is 5.78. The number of rotatable bonds is 7. The molecule has 0 spiro atoms. The zero-order valence-corrected chi connectivity index (χ0v) is 16.7. The average molecular weight is 383 g/mol. The van der Waals surface area contributed by atoms with Crippen LogP contribution in [0.1, 0.15) is 44.6 Å². The molecule has 2 aliphatic rings. The van der Waals surface area contributed by atoms with Crippen molar-refractivity contribution in [3.05, 3.63) is 36.0 Å². The molecule has 6 nitrogen and oxygen atoms in total. The molecule has 6 heteroatoms. The van der Waals surface area contributed by atoms with Crippen molar-refractivity contribution < 1.29 is 9.53 Å². The van der Waals surface area contributed by atoms with Gasteiger partial charge in [0.2, 0.25) is 5.91 Å². The molecule has 2 aliphatic heterocycles. The largest absolute Gasteiger partial charge is 0.488 e. The Balaban J connectivity index is 1.29. The molecular formula is C22H30N4O2. The standard InChI is InChI=1S/C22H30N4O2/c1-2-18-8-5-6-12-25(18)13-7-11-23-21(27)15-26-22-17(14-24-26)16-28-20-10-4-3-9-19(20)22/h3-4,9-10,14,18H,2,5-8,11-13,15-16H2,1H3,(H,23,27)/t18-/m1/s1. The predicted molar refractivity (Wildman–Crippen MR) is 109 cm³/mol. The van der Waals surface area contributed by atoms with E-state index < -0.39 is 0 Å². The molecule has 0 bridgehead atoms. The van der Waals surface area contributed by atoms with Crippen LogP contribution >= 0.6 is 0 Å². The minimum absolute atomic E-state index is 0.0144. The van der Waals surface area contributed by atoms with E-state index in [2.05, 4.69) is 22.2 Å². The van der Waals surface area contributed by atoms with Crippen LogP contribution in [0.4, 0.5) is 0 Å². The number of ether oxygens (including phenoxy) is 1. The number of hydrogen-bond donors (Lipinski definition) is 1. The first-order valence-electron chi connectivity index (χ1n) is 10.5. The molecule has 1 saturated heterocycles. The lowest BCUT2D eigenvalue weighted by molar-refractivity contribution is -0.121. The van der Waals surface area contributed by atoms with Crippen LogP contribution in [0.2, 0.25) is 0 Å². The number of benzene rings is 1. The summed E-state index contributed by atoms with van der Waals surface area (Å²) in [7, 11) is 0. The quantitative estimate of drug-likeness (QED) is 0.747. The second-order valence-electron chi connectivity index (χ2n) is 7.76. The Kier molecular flexibility index (Phi) is 5.95. The summed E-state index contributed by atoms with van der Waals surface area (Å²) in [5.74, 6) is 0.865. The van der Waals surface area contributed by atoms with Gasteiger partial charge in [-0.3, -0.25) is 9.48 Å². The van der Waals surface area contributed by atoms with Crippen molar-refractivity contribution in [1.29, 1.82) is 0 Å². The first-order chi connectivity index (χ1) is 13.8. The highest BCUT2D eigenvalue weighted by atomic mass is 16.5. The molecule has 1 aromatic heterocycles. The Morgan fingerprint density at radius 2 is 2.21 bits per heavy atom. The molecule has 150 valence electrons. The smallest absolute Gasteiger partial charge is 0.241 e. The first-order valence-corrected chi connectivity index (χ1v) is 10.5. The first kappa shape index (κ1) is 19.0. The van der Waals surface area contributed by atoms with Gasteiger partial charge in [0, 0.05) is 30.3 Å². The fourth-order valence-corrected chi connectivity index (χ4v) is 4.42. The fourth-order valence-electron chi connectivity index (χ4n) is 4.42. The van der Waals surface area contributed by atoms with Crippen LogP contribution in [-0.2, 0) is 17.9 Å². The Morgan fingerprint density at radius 1 is 1.32 bits per heavy atom. The molecule has 0 saturated carbocycles. The van der Waals surface area contributed by atoms with Gasteiger partial charge in [-0.1, -0.05) is 25.5 Å². The zero-order valence-electron chi connectivity index (χ0n) is 16.7. The number of para-hydroxylation sites is 1. The molecule has 0 aliphatic carbocycles. The molecule has 1 fully saturated rings. The summed E-state index contributed by atoms with van der Waals surface area (Å²) >= 11 is 0. The van der Waals surface area contributed by atoms with Crippen molar-refractivity contribution >= 4 is 5.91 Å². The van der Waals surface area contributed by atoms with Gasteiger partial charge in [-0.05, 0) is 44.4 Å². The third-order valence-electron chi connectivity index (χ3n) is 5.90. The number of carbonyl (C=O) groups is 1. The SMILES string of the molecule is CC[C@@H]1CCCCN1CCCNC(=O)Cn1ncc2c1-c1ccccc1OC2. The number of piperidine rings is 1.